The van der Waals surface area contributed by atoms with Crippen LogP contribution in [0.5, 0.6) is 0 Å². The monoisotopic (exact) mass is 327 g/mol. The summed E-state index contributed by atoms with van der Waals surface area (Å²) in [5.74, 6) is 0. The highest BCUT2D eigenvalue weighted by Crippen LogP contribution is 2.22. The van der Waals surface area contributed by atoms with Gasteiger partial charge in [-0.3, -0.25) is 15.0 Å². The first-order valence-electron chi connectivity index (χ1n) is 6.36. The van der Waals surface area contributed by atoms with Crippen molar-refractivity contribution in [2.75, 3.05) is 13.1 Å². The molecular formula is C13H18BrN3O2. The molecule has 0 spiro atoms. The van der Waals surface area contributed by atoms with Crippen LogP contribution in [-0.2, 0) is 6.54 Å². The zero-order valence-corrected chi connectivity index (χ0v) is 12.7. The van der Waals surface area contributed by atoms with Gasteiger partial charge in [-0.25, -0.2) is 0 Å². The molecule has 0 bridgehead atoms. The van der Waals surface area contributed by atoms with Gasteiger partial charge in [-0.1, -0.05) is 15.9 Å². The maximum Gasteiger partial charge on any atom is 0.270 e. The third-order valence-corrected chi connectivity index (χ3v) is 3.65. The number of nitrogens with one attached hydrogen (secondary N) is 1. The van der Waals surface area contributed by atoms with Crippen molar-refractivity contribution in [3.63, 3.8) is 0 Å². The predicted octanol–water partition coefficient (Wildman–Crippen LogP) is 2.54. The fraction of sp³-hybridized carbons (Fsp3) is 0.538. The van der Waals surface area contributed by atoms with Gasteiger partial charge in [0.05, 0.1) is 4.92 Å². The van der Waals surface area contributed by atoms with Gasteiger partial charge in [-0.2, -0.15) is 0 Å². The lowest BCUT2D eigenvalue weighted by Gasteiger charge is -2.36. The second kappa shape index (κ2) is 5.98. The molecule has 2 unspecified atom stereocenters. The van der Waals surface area contributed by atoms with Gasteiger partial charge in [0.15, 0.2) is 0 Å². The van der Waals surface area contributed by atoms with Crippen LogP contribution in [0.25, 0.3) is 0 Å². The Morgan fingerprint density at radius 3 is 2.58 bits per heavy atom. The standard InChI is InChI=1S/C13H18BrN3O2/c1-9-6-16(7-10(2)15-9)8-11-3-12(14)5-13(4-11)17(18)19/h3-5,9-10,15H,6-8H2,1-2H3. The third kappa shape index (κ3) is 3.99. The topological polar surface area (TPSA) is 58.4 Å². The van der Waals surface area contributed by atoms with Gasteiger partial charge in [0.2, 0.25) is 0 Å². The van der Waals surface area contributed by atoms with E-state index in [1.807, 2.05) is 6.07 Å². The highest BCUT2D eigenvalue weighted by atomic mass is 79.9. The van der Waals surface area contributed by atoms with Gasteiger partial charge in [0.25, 0.3) is 5.69 Å². The molecule has 2 rings (SSSR count). The molecule has 0 aromatic heterocycles. The zero-order chi connectivity index (χ0) is 14.0. The number of nitro groups is 1. The van der Waals surface area contributed by atoms with Crippen LogP contribution >= 0.6 is 15.9 Å². The second-order valence-corrected chi connectivity index (χ2v) is 6.15. The molecule has 0 amide bonds. The van der Waals surface area contributed by atoms with Crippen LogP contribution in [0.1, 0.15) is 19.4 Å². The van der Waals surface area contributed by atoms with E-state index in [-0.39, 0.29) is 10.6 Å². The Labute approximate surface area is 121 Å². The fourth-order valence-electron chi connectivity index (χ4n) is 2.66. The van der Waals surface area contributed by atoms with E-state index < -0.39 is 0 Å². The molecule has 1 aromatic rings. The number of piperazine rings is 1. The average Bonchev–Trinajstić information content (AvgIpc) is 2.26. The van der Waals surface area contributed by atoms with Gasteiger partial charge >= 0.3 is 0 Å². The summed E-state index contributed by atoms with van der Waals surface area (Å²) in [6.07, 6.45) is 0. The number of non-ortho nitro benzene ring substituents is 1. The Kier molecular flexibility index (Phi) is 4.54. The molecule has 1 N–H and O–H groups in total. The number of halogens is 1. The summed E-state index contributed by atoms with van der Waals surface area (Å²) in [5.41, 5.74) is 1.11. The largest absolute Gasteiger partial charge is 0.309 e. The quantitative estimate of drug-likeness (QED) is 0.684. The third-order valence-electron chi connectivity index (χ3n) is 3.19. The SMILES string of the molecule is CC1CN(Cc2cc(Br)cc([N+](=O)[O-])c2)CC(C)N1. The first kappa shape index (κ1) is 14.4. The van der Waals surface area contributed by atoms with Crippen molar-refractivity contribution in [1.29, 1.82) is 0 Å². The van der Waals surface area contributed by atoms with Crippen LogP contribution in [0.3, 0.4) is 0 Å². The zero-order valence-electron chi connectivity index (χ0n) is 11.1. The van der Waals surface area contributed by atoms with Crippen LogP contribution in [0.15, 0.2) is 22.7 Å². The number of nitro benzene ring substituents is 1. The number of hydrogen-bond donors (Lipinski definition) is 1. The first-order chi connectivity index (χ1) is 8.94. The van der Waals surface area contributed by atoms with Crippen LogP contribution in [0.4, 0.5) is 5.69 Å². The molecule has 6 heteroatoms. The smallest absolute Gasteiger partial charge is 0.270 e. The Bertz CT molecular complexity index is 471. The van der Waals surface area contributed by atoms with Crippen molar-refractivity contribution in [2.45, 2.75) is 32.5 Å². The van der Waals surface area contributed by atoms with Crippen LogP contribution in [0, 0.1) is 10.1 Å². The molecule has 5 nitrogen and oxygen atoms in total. The van der Waals surface area contributed by atoms with Crippen molar-refractivity contribution >= 4 is 21.6 Å². The number of rotatable bonds is 3. The molecule has 104 valence electrons. The molecule has 1 saturated heterocycles. The van der Waals surface area contributed by atoms with E-state index in [0.29, 0.717) is 12.1 Å². The van der Waals surface area contributed by atoms with Gasteiger partial charge in [-0.05, 0) is 25.5 Å². The summed E-state index contributed by atoms with van der Waals surface area (Å²) >= 11 is 3.33. The minimum Gasteiger partial charge on any atom is -0.309 e. The summed E-state index contributed by atoms with van der Waals surface area (Å²) in [6.45, 7) is 6.99. The highest BCUT2D eigenvalue weighted by molar-refractivity contribution is 9.10. The molecule has 1 aliphatic rings. The van der Waals surface area contributed by atoms with Gasteiger partial charge in [0, 0.05) is 48.3 Å². The summed E-state index contributed by atoms with van der Waals surface area (Å²) in [7, 11) is 0. The normalized spacial score (nSPS) is 24.4. The van der Waals surface area contributed by atoms with Crippen molar-refractivity contribution in [2.24, 2.45) is 0 Å². The van der Waals surface area contributed by atoms with Gasteiger partial charge in [-0.15, -0.1) is 0 Å². The summed E-state index contributed by atoms with van der Waals surface area (Å²) in [4.78, 5) is 12.8. The molecule has 0 saturated carbocycles. The molecule has 2 atom stereocenters. The molecule has 1 aliphatic heterocycles. The molecule has 0 radical (unpaired) electrons. The Morgan fingerprint density at radius 2 is 2.00 bits per heavy atom. The molecule has 1 fully saturated rings. The Balaban J connectivity index is 2.12. The molecular weight excluding hydrogens is 310 g/mol. The molecule has 0 aliphatic carbocycles. The first-order valence-corrected chi connectivity index (χ1v) is 7.15. The molecule has 19 heavy (non-hydrogen) atoms. The molecule has 1 heterocycles. The lowest BCUT2D eigenvalue weighted by Crippen LogP contribution is -2.53. The summed E-state index contributed by atoms with van der Waals surface area (Å²) in [6, 6.07) is 6.04. The number of hydrogen-bond acceptors (Lipinski definition) is 4. The van der Waals surface area contributed by atoms with Crippen LogP contribution in [-0.4, -0.2) is 35.0 Å². The summed E-state index contributed by atoms with van der Waals surface area (Å²) < 4.78 is 0.757. The Morgan fingerprint density at radius 1 is 1.37 bits per heavy atom. The summed E-state index contributed by atoms with van der Waals surface area (Å²) in [5, 5.41) is 14.3. The fourth-order valence-corrected chi connectivity index (χ4v) is 3.19. The lowest BCUT2D eigenvalue weighted by atomic mass is 10.1. The predicted molar refractivity (Wildman–Crippen MR) is 78.1 cm³/mol. The van der Waals surface area contributed by atoms with E-state index in [0.717, 1.165) is 29.7 Å². The van der Waals surface area contributed by atoms with E-state index in [2.05, 4.69) is 40.0 Å². The van der Waals surface area contributed by atoms with E-state index in [1.54, 1.807) is 6.07 Å². The Hall–Kier alpha value is -0.980. The van der Waals surface area contributed by atoms with E-state index in [4.69, 9.17) is 0 Å². The highest BCUT2D eigenvalue weighted by Gasteiger charge is 2.21. The number of benzene rings is 1. The van der Waals surface area contributed by atoms with Crippen molar-refractivity contribution in [3.8, 4) is 0 Å². The minimum absolute atomic E-state index is 0.139. The van der Waals surface area contributed by atoms with Crippen molar-refractivity contribution < 1.29 is 4.92 Å². The number of nitrogens with zero attached hydrogens (tertiary/aromatic N) is 2. The van der Waals surface area contributed by atoms with E-state index in [9.17, 15) is 10.1 Å². The molecule has 1 aromatic carbocycles. The van der Waals surface area contributed by atoms with E-state index >= 15 is 0 Å². The van der Waals surface area contributed by atoms with Crippen molar-refractivity contribution in [3.05, 3.63) is 38.3 Å². The van der Waals surface area contributed by atoms with Gasteiger partial charge in [0.1, 0.15) is 0 Å². The second-order valence-electron chi connectivity index (χ2n) is 5.24. The van der Waals surface area contributed by atoms with Crippen LogP contribution in [0.2, 0.25) is 0 Å². The maximum absolute atomic E-state index is 10.9. The lowest BCUT2D eigenvalue weighted by molar-refractivity contribution is -0.385. The van der Waals surface area contributed by atoms with Gasteiger partial charge < -0.3 is 5.32 Å². The maximum atomic E-state index is 10.9. The minimum atomic E-state index is -0.350. The van der Waals surface area contributed by atoms with E-state index in [1.165, 1.54) is 6.07 Å². The van der Waals surface area contributed by atoms with Crippen molar-refractivity contribution in [1.82, 2.24) is 10.2 Å². The van der Waals surface area contributed by atoms with Crippen LogP contribution < -0.4 is 5.32 Å². The average molecular weight is 328 g/mol.